The number of aliphatic hydroxyl groups excluding tert-OH is 1. The summed E-state index contributed by atoms with van der Waals surface area (Å²) >= 11 is 0. The van der Waals surface area contributed by atoms with Gasteiger partial charge in [0.15, 0.2) is 6.29 Å². The van der Waals surface area contributed by atoms with Crippen molar-refractivity contribution < 1.29 is 19.3 Å². The van der Waals surface area contributed by atoms with Crippen molar-refractivity contribution in [2.45, 2.75) is 43.4 Å². The molecule has 4 aliphatic heterocycles. The van der Waals surface area contributed by atoms with Gasteiger partial charge in [0.05, 0.1) is 13.2 Å². The summed E-state index contributed by atoms with van der Waals surface area (Å²) in [7, 11) is 0. The Morgan fingerprint density at radius 3 is 3.00 bits per heavy atom. The zero-order valence-corrected chi connectivity index (χ0v) is 9.88. The van der Waals surface area contributed by atoms with Gasteiger partial charge in [0, 0.05) is 19.1 Å². The second-order valence-corrected chi connectivity index (χ2v) is 5.59. The fourth-order valence-electron chi connectivity index (χ4n) is 4.03. The van der Waals surface area contributed by atoms with Crippen LogP contribution in [0.25, 0.3) is 0 Å². The smallest absolute Gasteiger partial charge is 0.178 e. The summed E-state index contributed by atoms with van der Waals surface area (Å²) in [6, 6.07) is 0. The van der Waals surface area contributed by atoms with E-state index in [-0.39, 0.29) is 18.1 Å². The minimum atomic E-state index is -0.446. The van der Waals surface area contributed by atoms with Crippen molar-refractivity contribution in [2.75, 3.05) is 26.4 Å². The zero-order chi connectivity index (χ0) is 11.5. The maximum atomic E-state index is 10.3. The van der Waals surface area contributed by atoms with Crippen LogP contribution in [0.1, 0.15) is 19.3 Å². The lowest BCUT2D eigenvalue weighted by Crippen LogP contribution is -2.60. The molecular formula is C12H19NO4. The van der Waals surface area contributed by atoms with Crippen LogP contribution >= 0.6 is 0 Å². The first-order chi connectivity index (χ1) is 8.32. The van der Waals surface area contributed by atoms with E-state index in [0.717, 1.165) is 26.0 Å². The molecule has 0 radical (unpaired) electrons. The first kappa shape index (κ1) is 10.7. The average molecular weight is 241 g/mol. The van der Waals surface area contributed by atoms with Crippen LogP contribution in [0, 0.1) is 5.92 Å². The van der Waals surface area contributed by atoms with Crippen LogP contribution < -0.4 is 0 Å². The van der Waals surface area contributed by atoms with Crippen molar-refractivity contribution in [3.8, 4) is 0 Å². The Labute approximate surface area is 101 Å². The highest BCUT2D eigenvalue weighted by Crippen LogP contribution is 2.47. The molecule has 17 heavy (non-hydrogen) atoms. The van der Waals surface area contributed by atoms with E-state index in [1.54, 1.807) is 0 Å². The molecule has 0 bridgehead atoms. The summed E-state index contributed by atoms with van der Waals surface area (Å²) in [5, 5.41) is 10.3. The summed E-state index contributed by atoms with van der Waals surface area (Å²) in [6.45, 7) is 2.91. The molecule has 5 atom stereocenters. The number of fused-ring (bicyclic) bond motifs is 2. The molecule has 4 rings (SSSR count). The van der Waals surface area contributed by atoms with Crippen LogP contribution in [-0.2, 0) is 14.2 Å². The van der Waals surface area contributed by atoms with E-state index in [4.69, 9.17) is 14.2 Å². The lowest BCUT2D eigenvalue weighted by molar-refractivity contribution is -0.154. The molecule has 5 nitrogen and oxygen atoms in total. The van der Waals surface area contributed by atoms with Gasteiger partial charge in [0.25, 0.3) is 0 Å². The molecule has 0 aromatic carbocycles. The summed E-state index contributed by atoms with van der Waals surface area (Å²) in [6.07, 6.45) is 2.64. The van der Waals surface area contributed by atoms with Crippen LogP contribution in [0.15, 0.2) is 0 Å². The van der Waals surface area contributed by atoms with Gasteiger partial charge < -0.3 is 19.3 Å². The second kappa shape index (κ2) is 3.65. The highest BCUT2D eigenvalue weighted by atomic mass is 16.7. The third-order valence-corrected chi connectivity index (χ3v) is 4.93. The van der Waals surface area contributed by atoms with Gasteiger partial charge in [-0.15, -0.1) is 0 Å². The Kier molecular flexibility index (Phi) is 2.30. The van der Waals surface area contributed by atoms with E-state index in [2.05, 4.69) is 4.90 Å². The van der Waals surface area contributed by atoms with Gasteiger partial charge in [-0.3, -0.25) is 4.90 Å². The van der Waals surface area contributed by atoms with Crippen molar-refractivity contribution in [3.05, 3.63) is 0 Å². The lowest BCUT2D eigenvalue weighted by Gasteiger charge is -2.41. The van der Waals surface area contributed by atoms with E-state index in [0.29, 0.717) is 19.1 Å². The minimum absolute atomic E-state index is 0.176. The van der Waals surface area contributed by atoms with Crippen LogP contribution in [0.3, 0.4) is 0 Å². The fourth-order valence-corrected chi connectivity index (χ4v) is 4.03. The molecule has 0 aliphatic carbocycles. The van der Waals surface area contributed by atoms with Gasteiger partial charge in [-0.1, -0.05) is 0 Å². The highest BCUT2D eigenvalue weighted by molar-refractivity contribution is 5.09. The SMILES string of the molecule is OC1COC2OCC[C@@]12N1CCC2CCOC21. The molecule has 0 aromatic rings. The lowest BCUT2D eigenvalue weighted by atomic mass is 9.90. The van der Waals surface area contributed by atoms with Gasteiger partial charge >= 0.3 is 0 Å². The number of nitrogens with zero attached hydrogens (tertiary/aromatic N) is 1. The number of likely N-dealkylation sites (tertiary alicyclic amines) is 1. The molecule has 4 aliphatic rings. The van der Waals surface area contributed by atoms with Crippen molar-refractivity contribution in [2.24, 2.45) is 5.92 Å². The van der Waals surface area contributed by atoms with Crippen molar-refractivity contribution in [3.63, 3.8) is 0 Å². The number of aliphatic hydroxyl groups is 1. The van der Waals surface area contributed by atoms with Crippen LogP contribution in [0.2, 0.25) is 0 Å². The van der Waals surface area contributed by atoms with Crippen LogP contribution in [0.5, 0.6) is 0 Å². The van der Waals surface area contributed by atoms with Gasteiger partial charge in [0.1, 0.15) is 17.9 Å². The molecule has 0 saturated carbocycles. The number of ether oxygens (including phenoxy) is 3. The van der Waals surface area contributed by atoms with E-state index >= 15 is 0 Å². The van der Waals surface area contributed by atoms with Gasteiger partial charge in [-0.05, 0) is 19.3 Å². The standard InChI is InChI=1S/C12H19NO4/c14-9-7-17-11-12(9,3-6-16-11)13-4-1-8-2-5-15-10(8)13/h8-11,14H,1-7H2/t8?,9?,10?,11?,12-/m1/s1. The molecule has 4 heterocycles. The Bertz CT molecular complexity index is 326. The molecule has 5 heteroatoms. The molecule has 0 spiro atoms. The van der Waals surface area contributed by atoms with E-state index in [1.165, 1.54) is 6.42 Å². The molecule has 0 amide bonds. The van der Waals surface area contributed by atoms with E-state index in [1.807, 2.05) is 0 Å². The van der Waals surface area contributed by atoms with Gasteiger partial charge in [-0.25, -0.2) is 0 Å². The van der Waals surface area contributed by atoms with E-state index < -0.39 is 6.10 Å². The highest BCUT2D eigenvalue weighted by Gasteiger charge is 2.62. The third-order valence-electron chi connectivity index (χ3n) is 4.93. The number of hydrogen-bond donors (Lipinski definition) is 1. The Morgan fingerprint density at radius 2 is 2.06 bits per heavy atom. The third kappa shape index (κ3) is 1.26. The molecule has 4 saturated heterocycles. The maximum Gasteiger partial charge on any atom is 0.178 e. The van der Waals surface area contributed by atoms with Crippen LogP contribution in [-0.4, -0.2) is 60.5 Å². The second-order valence-electron chi connectivity index (χ2n) is 5.59. The Hall–Kier alpha value is -0.200. The number of hydrogen-bond acceptors (Lipinski definition) is 5. The molecule has 96 valence electrons. The predicted octanol–water partition coefficient (Wildman–Crippen LogP) is -0.0690. The molecule has 4 unspecified atom stereocenters. The molecule has 0 aromatic heterocycles. The monoisotopic (exact) mass is 241 g/mol. The maximum absolute atomic E-state index is 10.3. The van der Waals surface area contributed by atoms with Crippen molar-refractivity contribution in [1.82, 2.24) is 4.90 Å². The topological polar surface area (TPSA) is 51.2 Å². The van der Waals surface area contributed by atoms with Gasteiger partial charge in [0.2, 0.25) is 0 Å². The zero-order valence-electron chi connectivity index (χ0n) is 9.88. The molecule has 1 N–H and O–H groups in total. The summed E-state index contributed by atoms with van der Waals surface area (Å²) in [5.74, 6) is 0.637. The summed E-state index contributed by atoms with van der Waals surface area (Å²) in [4.78, 5) is 2.33. The van der Waals surface area contributed by atoms with Gasteiger partial charge in [-0.2, -0.15) is 0 Å². The average Bonchev–Trinajstić information content (AvgIpc) is 3.00. The quantitative estimate of drug-likeness (QED) is 0.696. The largest absolute Gasteiger partial charge is 0.389 e. The summed E-state index contributed by atoms with van der Waals surface area (Å²) in [5.41, 5.74) is -0.343. The van der Waals surface area contributed by atoms with E-state index in [9.17, 15) is 5.11 Å². The fraction of sp³-hybridized carbons (Fsp3) is 1.00. The van der Waals surface area contributed by atoms with Crippen LogP contribution in [0.4, 0.5) is 0 Å². The minimum Gasteiger partial charge on any atom is -0.389 e. The molecule has 4 fully saturated rings. The summed E-state index contributed by atoms with van der Waals surface area (Å²) < 4.78 is 17.1. The first-order valence-electron chi connectivity index (χ1n) is 6.62. The predicted molar refractivity (Wildman–Crippen MR) is 58.2 cm³/mol. The Balaban J connectivity index is 1.68. The van der Waals surface area contributed by atoms with Crippen molar-refractivity contribution >= 4 is 0 Å². The first-order valence-corrected chi connectivity index (χ1v) is 6.62. The normalized spacial score (nSPS) is 54.2. The van der Waals surface area contributed by atoms with Crippen molar-refractivity contribution in [1.29, 1.82) is 0 Å². The Morgan fingerprint density at radius 1 is 1.12 bits per heavy atom. The number of rotatable bonds is 1. The molecular weight excluding hydrogens is 222 g/mol.